The Labute approximate surface area is 95.1 Å². The highest BCUT2D eigenvalue weighted by molar-refractivity contribution is 5.70. The lowest BCUT2D eigenvalue weighted by Crippen LogP contribution is -2.14. The van der Waals surface area contributed by atoms with Crippen LogP contribution < -0.4 is 0 Å². The van der Waals surface area contributed by atoms with E-state index in [4.69, 9.17) is 5.11 Å². The zero-order chi connectivity index (χ0) is 12.1. The minimum absolute atomic E-state index is 0.350. The van der Waals surface area contributed by atoms with Gasteiger partial charge in [-0.1, -0.05) is 31.2 Å². The second-order valence-electron chi connectivity index (χ2n) is 4.20. The molecular weight excluding hydrogens is 207 g/mol. The smallest absolute Gasteiger partial charge is 0.306 e. The van der Waals surface area contributed by atoms with Crippen molar-refractivity contribution in [2.24, 2.45) is 5.92 Å². The lowest BCUT2D eigenvalue weighted by molar-refractivity contribution is -0.141. The van der Waals surface area contributed by atoms with Gasteiger partial charge < -0.3 is 5.11 Å². The summed E-state index contributed by atoms with van der Waals surface area (Å²) in [7, 11) is 0. The average Bonchev–Trinajstić information content (AvgIpc) is 2.20. The molecule has 0 fully saturated rings. The van der Waals surface area contributed by atoms with E-state index in [2.05, 4.69) is 0 Å². The predicted octanol–water partition coefficient (Wildman–Crippen LogP) is 2.85. The molecule has 0 aliphatic heterocycles. The number of benzene rings is 1. The minimum atomic E-state index is -0.902. The molecule has 0 saturated carbocycles. The number of carboxylic acids is 1. The lowest BCUT2D eigenvalue weighted by atomic mass is 9.94. The zero-order valence-electron chi connectivity index (χ0n) is 9.61. The molecule has 1 aromatic rings. The van der Waals surface area contributed by atoms with E-state index in [0.717, 1.165) is 11.1 Å². The first kappa shape index (κ1) is 12.7. The van der Waals surface area contributed by atoms with Crippen molar-refractivity contribution in [2.75, 3.05) is 0 Å². The molecule has 2 unspecified atom stereocenters. The Hall–Kier alpha value is -1.38. The van der Waals surface area contributed by atoms with Gasteiger partial charge >= 0.3 is 5.97 Å². The molecule has 88 valence electrons. The number of alkyl halides is 1. The van der Waals surface area contributed by atoms with Gasteiger partial charge in [0.15, 0.2) is 0 Å². The first-order chi connectivity index (χ1) is 7.50. The maximum atomic E-state index is 12.9. The SMILES string of the molecule is CC(F)Cc1ccccc1CC(C)C(=O)O. The van der Waals surface area contributed by atoms with Gasteiger partial charge in [0.1, 0.15) is 6.17 Å². The van der Waals surface area contributed by atoms with Gasteiger partial charge in [-0.15, -0.1) is 0 Å². The fraction of sp³-hybridized carbons (Fsp3) is 0.462. The Morgan fingerprint density at radius 2 is 1.75 bits per heavy atom. The van der Waals surface area contributed by atoms with E-state index in [1.165, 1.54) is 6.92 Å². The van der Waals surface area contributed by atoms with Gasteiger partial charge in [-0.3, -0.25) is 4.79 Å². The molecule has 3 heteroatoms. The third-order valence-corrected chi connectivity index (χ3v) is 2.57. The quantitative estimate of drug-likeness (QED) is 0.835. The molecule has 0 aliphatic rings. The molecule has 0 amide bonds. The zero-order valence-corrected chi connectivity index (χ0v) is 9.61. The molecule has 0 radical (unpaired) electrons. The molecule has 1 rings (SSSR count). The fourth-order valence-electron chi connectivity index (χ4n) is 1.68. The largest absolute Gasteiger partial charge is 0.481 e. The number of hydrogen-bond donors (Lipinski definition) is 1. The minimum Gasteiger partial charge on any atom is -0.481 e. The summed E-state index contributed by atoms with van der Waals surface area (Å²) in [4.78, 5) is 10.8. The van der Waals surface area contributed by atoms with Gasteiger partial charge in [-0.05, 0) is 24.5 Å². The molecule has 16 heavy (non-hydrogen) atoms. The summed E-state index contributed by atoms with van der Waals surface area (Å²) in [5.41, 5.74) is 1.84. The van der Waals surface area contributed by atoms with Crippen LogP contribution in [0.2, 0.25) is 0 Å². The maximum absolute atomic E-state index is 12.9. The summed E-state index contributed by atoms with van der Waals surface area (Å²) in [6.45, 7) is 3.18. The fourth-order valence-corrected chi connectivity index (χ4v) is 1.68. The van der Waals surface area contributed by atoms with E-state index in [1.54, 1.807) is 6.92 Å². The van der Waals surface area contributed by atoms with E-state index < -0.39 is 18.1 Å². The predicted molar refractivity (Wildman–Crippen MR) is 61.2 cm³/mol. The van der Waals surface area contributed by atoms with Crippen LogP contribution in [0.15, 0.2) is 24.3 Å². The van der Waals surface area contributed by atoms with Crippen molar-refractivity contribution >= 4 is 5.97 Å². The van der Waals surface area contributed by atoms with Crippen molar-refractivity contribution in [3.05, 3.63) is 35.4 Å². The van der Waals surface area contributed by atoms with Crippen LogP contribution in [0.1, 0.15) is 25.0 Å². The van der Waals surface area contributed by atoms with Gasteiger partial charge in [-0.25, -0.2) is 4.39 Å². The number of halogens is 1. The Morgan fingerprint density at radius 3 is 2.19 bits per heavy atom. The van der Waals surface area contributed by atoms with Crippen LogP contribution in [-0.2, 0) is 17.6 Å². The number of hydrogen-bond acceptors (Lipinski definition) is 1. The van der Waals surface area contributed by atoms with Crippen LogP contribution >= 0.6 is 0 Å². The van der Waals surface area contributed by atoms with Crippen LogP contribution in [0.4, 0.5) is 4.39 Å². The van der Waals surface area contributed by atoms with Crippen LogP contribution in [-0.4, -0.2) is 17.2 Å². The standard InChI is InChI=1S/C13H17FO2/c1-9(13(15)16)7-11-5-3-4-6-12(11)8-10(2)14/h3-6,9-10H,7-8H2,1-2H3,(H,15,16). The van der Waals surface area contributed by atoms with Crippen LogP contribution in [0, 0.1) is 5.92 Å². The van der Waals surface area contributed by atoms with Gasteiger partial charge in [0.25, 0.3) is 0 Å². The van der Waals surface area contributed by atoms with Gasteiger partial charge in [0.2, 0.25) is 0 Å². The molecular formula is C13H17FO2. The Balaban J connectivity index is 2.82. The average molecular weight is 224 g/mol. The Kier molecular flexibility index (Phi) is 4.47. The number of carboxylic acid groups (broad SMARTS) is 1. The first-order valence-electron chi connectivity index (χ1n) is 5.44. The maximum Gasteiger partial charge on any atom is 0.306 e. The molecule has 0 spiro atoms. The number of rotatable bonds is 5. The lowest BCUT2D eigenvalue weighted by Gasteiger charge is -2.12. The normalized spacial score (nSPS) is 14.4. The van der Waals surface area contributed by atoms with Crippen molar-refractivity contribution in [3.63, 3.8) is 0 Å². The van der Waals surface area contributed by atoms with Crippen molar-refractivity contribution in [1.29, 1.82) is 0 Å². The van der Waals surface area contributed by atoms with Crippen molar-refractivity contribution in [1.82, 2.24) is 0 Å². The third kappa shape index (κ3) is 3.65. The number of carbonyl (C=O) groups is 1. The summed E-state index contributed by atoms with van der Waals surface area (Å²) in [5, 5.41) is 8.84. The van der Waals surface area contributed by atoms with Crippen LogP contribution in [0.3, 0.4) is 0 Å². The summed E-state index contributed by atoms with van der Waals surface area (Å²) < 4.78 is 12.9. The van der Waals surface area contributed by atoms with E-state index in [0.29, 0.717) is 12.8 Å². The molecule has 0 saturated heterocycles. The highest BCUT2D eigenvalue weighted by atomic mass is 19.1. The summed E-state index contributed by atoms with van der Waals surface area (Å²) in [5.74, 6) is -1.25. The van der Waals surface area contributed by atoms with Crippen molar-refractivity contribution in [3.8, 4) is 0 Å². The van der Waals surface area contributed by atoms with E-state index in [-0.39, 0.29) is 0 Å². The van der Waals surface area contributed by atoms with E-state index in [9.17, 15) is 9.18 Å². The molecule has 0 heterocycles. The highest BCUT2D eigenvalue weighted by Crippen LogP contribution is 2.16. The first-order valence-corrected chi connectivity index (χ1v) is 5.44. The molecule has 0 bridgehead atoms. The monoisotopic (exact) mass is 224 g/mol. The van der Waals surface area contributed by atoms with Gasteiger partial charge in [0.05, 0.1) is 5.92 Å². The van der Waals surface area contributed by atoms with E-state index >= 15 is 0 Å². The van der Waals surface area contributed by atoms with Gasteiger partial charge in [0, 0.05) is 6.42 Å². The highest BCUT2D eigenvalue weighted by Gasteiger charge is 2.14. The van der Waals surface area contributed by atoms with Crippen molar-refractivity contribution in [2.45, 2.75) is 32.9 Å². The Bertz CT molecular complexity index is 361. The van der Waals surface area contributed by atoms with Gasteiger partial charge in [-0.2, -0.15) is 0 Å². The topological polar surface area (TPSA) is 37.3 Å². The Morgan fingerprint density at radius 1 is 1.25 bits per heavy atom. The third-order valence-electron chi connectivity index (χ3n) is 2.57. The molecule has 1 aromatic carbocycles. The second kappa shape index (κ2) is 5.64. The van der Waals surface area contributed by atoms with Crippen LogP contribution in [0.25, 0.3) is 0 Å². The summed E-state index contributed by atoms with van der Waals surface area (Å²) in [6, 6.07) is 7.44. The second-order valence-corrected chi connectivity index (χ2v) is 4.20. The number of aliphatic carboxylic acids is 1. The van der Waals surface area contributed by atoms with Crippen molar-refractivity contribution < 1.29 is 14.3 Å². The summed E-state index contributed by atoms with van der Waals surface area (Å²) in [6.07, 6.45) is -0.0953. The molecule has 1 N–H and O–H groups in total. The molecule has 2 nitrogen and oxygen atoms in total. The van der Waals surface area contributed by atoms with Crippen LogP contribution in [0.5, 0.6) is 0 Å². The van der Waals surface area contributed by atoms with E-state index in [1.807, 2.05) is 24.3 Å². The molecule has 2 atom stereocenters. The summed E-state index contributed by atoms with van der Waals surface area (Å²) >= 11 is 0. The molecule has 0 aromatic heterocycles. The molecule has 0 aliphatic carbocycles.